The Hall–Kier alpha value is -2.86. The maximum absolute atomic E-state index is 12.7. The van der Waals surface area contributed by atoms with Crippen LogP contribution in [0.2, 0.25) is 5.02 Å². The monoisotopic (exact) mass is 415 g/mol. The van der Waals surface area contributed by atoms with Crippen LogP contribution < -0.4 is 10.6 Å². The molecule has 2 N–H and O–H groups in total. The number of carbonyl (C=O) groups is 3. The Morgan fingerprint density at radius 3 is 2.28 bits per heavy atom. The zero-order chi connectivity index (χ0) is 21.4. The molecule has 154 valence electrons. The molecule has 0 saturated carbocycles. The number of anilines is 1. The predicted octanol–water partition coefficient (Wildman–Crippen LogP) is 3.91. The fraction of sp³-hybridized carbons (Fsp3) is 0.318. The molecule has 0 aliphatic carbocycles. The van der Waals surface area contributed by atoms with Gasteiger partial charge in [0.05, 0.1) is 12.5 Å². The van der Waals surface area contributed by atoms with E-state index in [1.54, 1.807) is 35.2 Å². The molecule has 2 rings (SSSR count). The molecule has 7 heteroatoms. The zero-order valence-electron chi connectivity index (χ0n) is 16.9. The van der Waals surface area contributed by atoms with E-state index in [2.05, 4.69) is 10.6 Å². The van der Waals surface area contributed by atoms with Crippen LogP contribution in [-0.2, 0) is 20.9 Å². The summed E-state index contributed by atoms with van der Waals surface area (Å²) in [5.74, 6) is -0.489. The molecule has 6 nitrogen and oxygen atoms in total. The summed E-state index contributed by atoms with van der Waals surface area (Å²) >= 11 is 5.93. The minimum absolute atomic E-state index is 0.0258. The number of para-hydroxylation sites is 1. The van der Waals surface area contributed by atoms with Gasteiger partial charge in [-0.3, -0.25) is 14.4 Å². The molecule has 1 unspecified atom stereocenters. The summed E-state index contributed by atoms with van der Waals surface area (Å²) in [4.78, 5) is 37.7. The molecule has 3 amide bonds. The number of halogens is 1. The summed E-state index contributed by atoms with van der Waals surface area (Å²) in [6.07, 6.45) is 0.0692. The molecule has 2 aromatic carbocycles. The van der Waals surface area contributed by atoms with Crippen LogP contribution in [0.4, 0.5) is 5.69 Å². The summed E-state index contributed by atoms with van der Waals surface area (Å²) in [5, 5.41) is 6.30. The van der Waals surface area contributed by atoms with Gasteiger partial charge in [0.2, 0.25) is 17.7 Å². The van der Waals surface area contributed by atoms with E-state index in [-0.39, 0.29) is 24.1 Å². The Kier molecular flexibility index (Phi) is 8.21. The van der Waals surface area contributed by atoms with Crippen molar-refractivity contribution in [3.63, 3.8) is 0 Å². The van der Waals surface area contributed by atoms with Crippen LogP contribution in [0.3, 0.4) is 0 Å². The molecule has 0 aliphatic rings. The van der Waals surface area contributed by atoms with Crippen molar-refractivity contribution < 1.29 is 14.4 Å². The van der Waals surface area contributed by atoms with Gasteiger partial charge in [-0.25, -0.2) is 0 Å². The topological polar surface area (TPSA) is 78.5 Å². The van der Waals surface area contributed by atoms with Crippen LogP contribution in [-0.4, -0.2) is 29.2 Å². The quantitative estimate of drug-likeness (QED) is 0.686. The lowest BCUT2D eigenvalue weighted by Gasteiger charge is -2.22. The lowest BCUT2D eigenvalue weighted by Crippen LogP contribution is -2.30. The van der Waals surface area contributed by atoms with Crippen LogP contribution in [0.15, 0.2) is 48.5 Å². The van der Waals surface area contributed by atoms with Crippen molar-refractivity contribution in [3.8, 4) is 0 Å². The maximum Gasteiger partial charge on any atom is 0.226 e. The fourth-order valence-electron chi connectivity index (χ4n) is 3.01. The van der Waals surface area contributed by atoms with E-state index in [0.717, 1.165) is 11.1 Å². The van der Waals surface area contributed by atoms with Crippen LogP contribution >= 0.6 is 11.6 Å². The van der Waals surface area contributed by atoms with E-state index < -0.39 is 6.04 Å². The first-order valence-corrected chi connectivity index (χ1v) is 9.83. The van der Waals surface area contributed by atoms with E-state index in [9.17, 15) is 14.4 Å². The van der Waals surface area contributed by atoms with Crippen LogP contribution in [0, 0.1) is 0 Å². The number of rotatable bonds is 8. The number of nitrogens with one attached hydrogen (secondary N) is 2. The Bertz CT molecular complexity index is 868. The number of hydrogen-bond acceptors (Lipinski definition) is 3. The van der Waals surface area contributed by atoms with Gasteiger partial charge in [0, 0.05) is 37.6 Å². The Balaban J connectivity index is 2.15. The molecule has 0 spiro atoms. The Morgan fingerprint density at radius 1 is 1.03 bits per heavy atom. The molecule has 2 aromatic rings. The minimum Gasteiger partial charge on any atom is -0.349 e. The normalized spacial score (nSPS) is 11.4. The van der Waals surface area contributed by atoms with Crippen molar-refractivity contribution >= 4 is 35.0 Å². The van der Waals surface area contributed by atoms with Gasteiger partial charge in [-0.1, -0.05) is 41.9 Å². The molecular formula is C22H26ClN3O3. The molecule has 0 bridgehead atoms. The highest BCUT2D eigenvalue weighted by Gasteiger charge is 2.18. The van der Waals surface area contributed by atoms with Crippen molar-refractivity contribution in [2.45, 2.75) is 39.8 Å². The molecular weight excluding hydrogens is 390 g/mol. The van der Waals surface area contributed by atoms with Crippen molar-refractivity contribution in [1.29, 1.82) is 0 Å². The first-order chi connectivity index (χ1) is 13.8. The number of hydrogen-bond donors (Lipinski definition) is 2. The van der Waals surface area contributed by atoms with Crippen LogP contribution in [0.5, 0.6) is 0 Å². The van der Waals surface area contributed by atoms with Gasteiger partial charge in [-0.2, -0.15) is 0 Å². The second kappa shape index (κ2) is 10.6. The van der Waals surface area contributed by atoms with E-state index in [4.69, 9.17) is 11.6 Å². The molecule has 0 aliphatic heterocycles. The average molecular weight is 416 g/mol. The number of carbonyl (C=O) groups excluding carboxylic acids is 3. The van der Waals surface area contributed by atoms with Crippen LogP contribution in [0.1, 0.15) is 44.4 Å². The van der Waals surface area contributed by atoms with Gasteiger partial charge >= 0.3 is 0 Å². The standard InChI is InChI=1S/C22H26ClN3O3/c1-4-26(16(3)28)14-18-7-5-6-8-20(18)25-22(29)13-21(24-15(2)27)17-9-11-19(23)12-10-17/h5-12,21H,4,13-14H2,1-3H3,(H,24,27)(H,25,29). The molecule has 0 aromatic heterocycles. The molecule has 29 heavy (non-hydrogen) atoms. The van der Waals surface area contributed by atoms with E-state index in [1.807, 2.05) is 25.1 Å². The Morgan fingerprint density at radius 2 is 1.69 bits per heavy atom. The number of nitrogens with zero attached hydrogens (tertiary/aromatic N) is 1. The SMILES string of the molecule is CCN(Cc1ccccc1NC(=O)CC(NC(C)=O)c1ccc(Cl)cc1)C(C)=O. The van der Waals surface area contributed by atoms with Gasteiger partial charge in [-0.05, 0) is 36.2 Å². The van der Waals surface area contributed by atoms with Gasteiger partial charge in [0.15, 0.2) is 0 Å². The van der Waals surface area contributed by atoms with Crippen molar-refractivity contribution in [2.24, 2.45) is 0 Å². The summed E-state index contributed by atoms with van der Waals surface area (Å²) < 4.78 is 0. The van der Waals surface area contributed by atoms with Crippen molar-refractivity contribution in [3.05, 3.63) is 64.7 Å². The zero-order valence-corrected chi connectivity index (χ0v) is 17.6. The number of amides is 3. The fourth-order valence-corrected chi connectivity index (χ4v) is 3.14. The summed E-state index contributed by atoms with van der Waals surface area (Å²) in [6, 6.07) is 13.9. The second-order valence-corrected chi connectivity index (χ2v) is 7.18. The lowest BCUT2D eigenvalue weighted by molar-refractivity contribution is -0.129. The summed E-state index contributed by atoms with van der Waals surface area (Å²) in [7, 11) is 0. The highest BCUT2D eigenvalue weighted by Crippen LogP contribution is 2.22. The molecule has 0 heterocycles. The molecule has 1 atom stereocenters. The maximum atomic E-state index is 12.7. The average Bonchev–Trinajstić information content (AvgIpc) is 2.66. The second-order valence-electron chi connectivity index (χ2n) is 6.75. The number of benzene rings is 2. The first kappa shape index (κ1) is 22.4. The van der Waals surface area contributed by atoms with Gasteiger partial charge < -0.3 is 15.5 Å². The third-order valence-electron chi connectivity index (χ3n) is 4.52. The van der Waals surface area contributed by atoms with E-state index in [0.29, 0.717) is 23.8 Å². The van der Waals surface area contributed by atoms with E-state index in [1.165, 1.54) is 13.8 Å². The lowest BCUT2D eigenvalue weighted by atomic mass is 10.0. The van der Waals surface area contributed by atoms with Gasteiger partial charge in [0.1, 0.15) is 0 Å². The van der Waals surface area contributed by atoms with Gasteiger partial charge in [0.25, 0.3) is 0 Å². The minimum atomic E-state index is -0.471. The summed E-state index contributed by atoms with van der Waals surface area (Å²) in [5.41, 5.74) is 2.29. The van der Waals surface area contributed by atoms with E-state index >= 15 is 0 Å². The molecule has 0 fully saturated rings. The third-order valence-corrected chi connectivity index (χ3v) is 4.77. The third kappa shape index (κ3) is 6.91. The Labute approximate surface area is 176 Å². The highest BCUT2D eigenvalue weighted by atomic mass is 35.5. The largest absolute Gasteiger partial charge is 0.349 e. The van der Waals surface area contributed by atoms with Crippen molar-refractivity contribution in [2.75, 3.05) is 11.9 Å². The van der Waals surface area contributed by atoms with Gasteiger partial charge in [-0.15, -0.1) is 0 Å². The molecule has 0 saturated heterocycles. The smallest absolute Gasteiger partial charge is 0.226 e. The molecule has 0 radical (unpaired) electrons. The van der Waals surface area contributed by atoms with Crippen molar-refractivity contribution in [1.82, 2.24) is 10.2 Å². The summed E-state index contributed by atoms with van der Waals surface area (Å²) in [6.45, 7) is 5.84. The highest BCUT2D eigenvalue weighted by molar-refractivity contribution is 6.30. The predicted molar refractivity (Wildman–Crippen MR) is 114 cm³/mol. The first-order valence-electron chi connectivity index (χ1n) is 9.46. The van der Waals surface area contributed by atoms with Crippen LogP contribution in [0.25, 0.3) is 0 Å².